The van der Waals surface area contributed by atoms with Gasteiger partial charge in [0, 0.05) is 28.2 Å². The summed E-state index contributed by atoms with van der Waals surface area (Å²) in [6, 6.07) is 6.56. The average Bonchev–Trinajstić information content (AvgIpc) is 2.21. The SMILES string of the molecule is CNCc1ccc(SCCN(C)C)c(Br)c1. The summed E-state index contributed by atoms with van der Waals surface area (Å²) in [5, 5.41) is 3.15. The van der Waals surface area contributed by atoms with Crippen LogP contribution in [0.25, 0.3) is 0 Å². The molecule has 0 radical (unpaired) electrons. The molecular weight excluding hydrogens is 284 g/mol. The van der Waals surface area contributed by atoms with E-state index in [2.05, 4.69) is 58.4 Å². The third kappa shape index (κ3) is 4.87. The molecule has 0 bridgehead atoms. The Balaban J connectivity index is 2.54. The first kappa shape index (κ1) is 14.0. The van der Waals surface area contributed by atoms with Gasteiger partial charge in [-0.3, -0.25) is 0 Å². The zero-order valence-corrected chi connectivity index (χ0v) is 12.5. The molecule has 1 N–H and O–H groups in total. The van der Waals surface area contributed by atoms with E-state index in [-0.39, 0.29) is 0 Å². The van der Waals surface area contributed by atoms with Crippen LogP contribution in [0.4, 0.5) is 0 Å². The van der Waals surface area contributed by atoms with Gasteiger partial charge in [-0.25, -0.2) is 0 Å². The van der Waals surface area contributed by atoms with Gasteiger partial charge in [0.15, 0.2) is 0 Å². The number of hydrogen-bond donors (Lipinski definition) is 1. The predicted molar refractivity (Wildman–Crippen MR) is 76.2 cm³/mol. The summed E-state index contributed by atoms with van der Waals surface area (Å²) < 4.78 is 1.20. The molecule has 0 heterocycles. The van der Waals surface area contributed by atoms with Crippen molar-refractivity contribution in [3.63, 3.8) is 0 Å². The average molecular weight is 303 g/mol. The van der Waals surface area contributed by atoms with Crippen LogP contribution in [-0.4, -0.2) is 38.3 Å². The highest BCUT2D eigenvalue weighted by Crippen LogP contribution is 2.28. The maximum Gasteiger partial charge on any atom is 0.0314 e. The molecule has 0 aliphatic carbocycles. The highest BCUT2D eigenvalue weighted by atomic mass is 79.9. The predicted octanol–water partition coefficient (Wildman–Crippen LogP) is 2.82. The summed E-state index contributed by atoms with van der Waals surface area (Å²) in [6.07, 6.45) is 0. The second-order valence-electron chi connectivity index (χ2n) is 3.95. The van der Waals surface area contributed by atoms with Crippen molar-refractivity contribution in [2.75, 3.05) is 33.4 Å². The monoisotopic (exact) mass is 302 g/mol. The summed E-state index contributed by atoms with van der Waals surface area (Å²) in [7, 11) is 6.17. The van der Waals surface area contributed by atoms with Crippen LogP contribution in [0.15, 0.2) is 27.6 Å². The van der Waals surface area contributed by atoms with Crippen molar-refractivity contribution in [2.45, 2.75) is 11.4 Å². The lowest BCUT2D eigenvalue weighted by atomic mass is 10.2. The zero-order chi connectivity index (χ0) is 12.0. The summed E-state index contributed by atoms with van der Waals surface area (Å²) in [5.74, 6) is 1.12. The zero-order valence-electron chi connectivity index (χ0n) is 10.1. The Kier molecular flexibility index (Phi) is 6.43. The minimum atomic E-state index is 0.918. The molecule has 0 aliphatic heterocycles. The molecule has 0 atom stereocenters. The Morgan fingerprint density at radius 3 is 2.69 bits per heavy atom. The first-order valence-electron chi connectivity index (χ1n) is 5.34. The van der Waals surface area contributed by atoms with Crippen LogP contribution in [0, 0.1) is 0 Å². The van der Waals surface area contributed by atoms with Crippen LogP contribution >= 0.6 is 27.7 Å². The second kappa shape index (κ2) is 7.33. The third-order valence-corrected chi connectivity index (χ3v) is 4.15. The Morgan fingerprint density at radius 2 is 2.12 bits per heavy atom. The minimum absolute atomic E-state index is 0.918. The molecule has 1 rings (SSSR count). The topological polar surface area (TPSA) is 15.3 Å². The van der Waals surface area contributed by atoms with E-state index < -0.39 is 0 Å². The number of nitrogens with one attached hydrogen (secondary N) is 1. The number of nitrogens with zero attached hydrogens (tertiary/aromatic N) is 1. The van der Waals surface area contributed by atoms with Crippen LogP contribution in [0.5, 0.6) is 0 Å². The normalized spacial score (nSPS) is 11.1. The maximum atomic E-state index is 3.62. The molecular formula is C12H19BrN2S. The van der Waals surface area contributed by atoms with Crippen molar-refractivity contribution in [3.05, 3.63) is 28.2 Å². The summed E-state index contributed by atoms with van der Waals surface area (Å²) in [6.45, 7) is 2.02. The first-order chi connectivity index (χ1) is 7.63. The van der Waals surface area contributed by atoms with Crippen LogP contribution in [0.3, 0.4) is 0 Å². The molecule has 16 heavy (non-hydrogen) atoms. The first-order valence-corrected chi connectivity index (χ1v) is 7.12. The Hall–Kier alpha value is -0.0300. The van der Waals surface area contributed by atoms with Crippen LogP contribution in [-0.2, 0) is 6.54 Å². The highest BCUT2D eigenvalue weighted by Gasteiger charge is 2.02. The van der Waals surface area contributed by atoms with Crippen molar-refractivity contribution < 1.29 is 0 Å². The lowest BCUT2D eigenvalue weighted by Crippen LogP contribution is -2.14. The molecule has 0 saturated carbocycles. The quantitative estimate of drug-likeness (QED) is 0.814. The summed E-state index contributed by atoms with van der Waals surface area (Å²) in [4.78, 5) is 3.53. The number of thioether (sulfide) groups is 1. The number of halogens is 1. The molecule has 0 saturated heterocycles. The van der Waals surface area contributed by atoms with Gasteiger partial charge in [-0.2, -0.15) is 0 Å². The molecule has 0 unspecified atom stereocenters. The van der Waals surface area contributed by atoms with Crippen molar-refractivity contribution in [3.8, 4) is 0 Å². The van der Waals surface area contributed by atoms with Gasteiger partial charge in [-0.1, -0.05) is 6.07 Å². The van der Waals surface area contributed by atoms with Crippen LogP contribution < -0.4 is 5.32 Å². The van der Waals surface area contributed by atoms with Gasteiger partial charge in [0.05, 0.1) is 0 Å². The molecule has 1 aromatic rings. The standard InChI is InChI=1S/C12H19BrN2S/c1-14-9-10-4-5-12(11(13)8-10)16-7-6-15(2)3/h4-5,8,14H,6-7,9H2,1-3H3. The lowest BCUT2D eigenvalue weighted by molar-refractivity contribution is 0.437. The Bertz CT molecular complexity index is 329. The fraction of sp³-hybridized carbons (Fsp3) is 0.500. The van der Waals surface area contributed by atoms with Gasteiger partial charge >= 0.3 is 0 Å². The number of hydrogen-bond acceptors (Lipinski definition) is 3. The van der Waals surface area contributed by atoms with E-state index in [1.807, 2.05) is 18.8 Å². The molecule has 1 aromatic carbocycles. The highest BCUT2D eigenvalue weighted by molar-refractivity contribution is 9.10. The van der Waals surface area contributed by atoms with E-state index in [0.717, 1.165) is 18.8 Å². The largest absolute Gasteiger partial charge is 0.316 e. The van der Waals surface area contributed by atoms with Crippen molar-refractivity contribution in [2.24, 2.45) is 0 Å². The van der Waals surface area contributed by atoms with Gasteiger partial charge in [-0.15, -0.1) is 11.8 Å². The Labute approximate surface area is 111 Å². The van der Waals surface area contributed by atoms with E-state index in [1.165, 1.54) is 14.9 Å². The lowest BCUT2D eigenvalue weighted by Gasteiger charge is -2.10. The van der Waals surface area contributed by atoms with E-state index in [0.29, 0.717) is 0 Å². The molecule has 0 spiro atoms. The minimum Gasteiger partial charge on any atom is -0.316 e. The molecule has 90 valence electrons. The van der Waals surface area contributed by atoms with Gasteiger partial charge in [0.2, 0.25) is 0 Å². The summed E-state index contributed by atoms with van der Waals surface area (Å²) in [5.41, 5.74) is 1.31. The fourth-order valence-corrected chi connectivity index (χ4v) is 3.12. The van der Waals surface area contributed by atoms with Crippen molar-refractivity contribution in [1.29, 1.82) is 0 Å². The van der Waals surface area contributed by atoms with E-state index in [9.17, 15) is 0 Å². The molecule has 4 heteroatoms. The third-order valence-electron chi connectivity index (χ3n) is 2.17. The number of rotatable bonds is 6. The molecule has 0 aromatic heterocycles. The molecule has 0 aliphatic rings. The van der Waals surface area contributed by atoms with Crippen molar-refractivity contribution in [1.82, 2.24) is 10.2 Å². The molecule has 0 fully saturated rings. The second-order valence-corrected chi connectivity index (χ2v) is 5.94. The van der Waals surface area contributed by atoms with Crippen molar-refractivity contribution >= 4 is 27.7 Å². The molecule has 2 nitrogen and oxygen atoms in total. The van der Waals surface area contributed by atoms with E-state index in [1.54, 1.807) is 0 Å². The van der Waals surface area contributed by atoms with E-state index >= 15 is 0 Å². The van der Waals surface area contributed by atoms with Crippen LogP contribution in [0.2, 0.25) is 0 Å². The summed E-state index contributed by atoms with van der Waals surface area (Å²) >= 11 is 5.52. The smallest absolute Gasteiger partial charge is 0.0314 e. The van der Waals surface area contributed by atoms with Gasteiger partial charge < -0.3 is 10.2 Å². The molecule has 0 amide bonds. The van der Waals surface area contributed by atoms with Gasteiger partial charge in [0.1, 0.15) is 0 Å². The fourth-order valence-electron chi connectivity index (χ4n) is 1.31. The van der Waals surface area contributed by atoms with Gasteiger partial charge in [-0.05, 0) is 54.8 Å². The maximum absolute atomic E-state index is 3.62. The van der Waals surface area contributed by atoms with E-state index in [4.69, 9.17) is 0 Å². The van der Waals surface area contributed by atoms with Gasteiger partial charge in [0.25, 0.3) is 0 Å². The Morgan fingerprint density at radius 1 is 1.38 bits per heavy atom. The van der Waals surface area contributed by atoms with Crippen LogP contribution in [0.1, 0.15) is 5.56 Å². The number of benzene rings is 1.